The highest BCUT2D eigenvalue weighted by Gasteiger charge is 2.03. The number of hydrogen-bond donors (Lipinski definition) is 0. The third-order valence-electron chi connectivity index (χ3n) is 2.77. The van der Waals surface area contributed by atoms with Gasteiger partial charge in [0, 0.05) is 18.0 Å². The van der Waals surface area contributed by atoms with E-state index < -0.39 is 0 Å². The fraction of sp³-hybridized carbons (Fsp3) is 0.200. The molecule has 4 heteroatoms. The second-order valence-electron chi connectivity index (χ2n) is 3.94. The topological polar surface area (TPSA) is 30.2 Å². The minimum absolute atomic E-state index is 0.499. The van der Waals surface area contributed by atoms with Gasteiger partial charge in [-0.1, -0.05) is 31.5 Å². The highest BCUT2D eigenvalue weighted by Crippen LogP contribution is 2.22. The number of fused-ring (bicyclic) bond motifs is 1. The lowest BCUT2D eigenvalue weighted by Gasteiger charge is -2.03. The molecule has 98 valence electrons. The Morgan fingerprint density at radius 2 is 1.89 bits per heavy atom. The maximum atomic E-state index is 5.88. The number of aryl methyl sites for hydroxylation is 1. The molecule has 3 rings (SSSR count). The molecule has 3 aromatic rings. The lowest BCUT2D eigenvalue weighted by atomic mass is 10.1. The van der Waals surface area contributed by atoms with Crippen LogP contribution in [0.3, 0.4) is 0 Å². The van der Waals surface area contributed by atoms with Gasteiger partial charge in [-0.3, -0.25) is 0 Å². The molecule has 0 atom stereocenters. The summed E-state index contributed by atoms with van der Waals surface area (Å²) >= 11 is 5.88. The van der Waals surface area contributed by atoms with Crippen LogP contribution < -0.4 is 0 Å². The van der Waals surface area contributed by atoms with E-state index in [4.69, 9.17) is 11.6 Å². The van der Waals surface area contributed by atoms with E-state index in [1.165, 1.54) is 5.56 Å². The van der Waals surface area contributed by atoms with Crippen LogP contribution >= 0.6 is 11.6 Å². The summed E-state index contributed by atoms with van der Waals surface area (Å²) in [5, 5.41) is 4.79. The largest absolute Gasteiger partial charge is 0.245 e. The van der Waals surface area contributed by atoms with Crippen LogP contribution in [-0.2, 0) is 0 Å². The number of nitrogens with zero attached hydrogens (tertiary/aromatic N) is 3. The first-order chi connectivity index (χ1) is 9.24. The Bertz CT molecular complexity index is 689. The molecule has 0 spiro atoms. The van der Waals surface area contributed by atoms with Gasteiger partial charge in [0.25, 0.3) is 0 Å². The summed E-state index contributed by atoms with van der Waals surface area (Å²) in [7, 11) is 0. The predicted molar refractivity (Wildman–Crippen MR) is 79.5 cm³/mol. The molecule has 0 N–H and O–H groups in total. The summed E-state index contributed by atoms with van der Waals surface area (Å²) in [5.41, 5.74) is 4.41. The Kier molecular flexibility index (Phi) is 4.17. The number of aromatic nitrogens is 3. The van der Waals surface area contributed by atoms with Gasteiger partial charge >= 0.3 is 0 Å². The monoisotopic (exact) mass is 273 g/mol. The van der Waals surface area contributed by atoms with Gasteiger partial charge in [-0.05, 0) is 36.2 Å². The van der Waals surface area contributed by atoms with E-state index in [0.29, 0.717) is 5.15 Å². The van der Waals surface area contributed by atoms with Gasteiger partial charge in [-0.25, -0.2) is 9.50 Å². The van der Waals surface area contributed by atoms with E-state index in [0.717, 1.165) is 16.6 Å². The van der Waals surface area contributed by atoms with Gasteiger partial charge in [0.05, 0.1) is 11.7 Å². The molecule has 0 saturated heterocycles. The summed E-state index contributed by atoms with van der Waals surface area (Å²) < 4.78 is 1.87. The number of halogens is 1. The highest BCUT2D eigenvalue weighted by molar-refractivity contribution is 6.29. The molecule has 0 aliphatic carbocycles. The lowest BCUT2D eigenvalue weighted by molar-refractivity contribution is 0.963. The van der Waals surface area contributed by atoms with Crippen LogP contribution in [0.15, 0.2) is 42.9 Å². The Labute approximate surface area is 117 Å². The molecule has 0 aliphatic rings. The zero-order chi connectivity index (χ0) is 13.8. The van der Waals surface area contributed by atoms with Crippen molar-refractivity contribution in [3.63, 3.8) is 0 Å². The van der Waals surface area contributed by atoms with E-state index in [9.17, 15) is 0 Å². The summed E-state index contributed by atoms with van der Waals surface area (Å²) in [6, 6.07) is 7.91. The fourth-order valence-corrected chi connectivity index (χ4v) is 2.04. The summed E-state index contributed by atoms with van der Waals surface area (Å²) in [4.78, 5) is 3.97. The summed E-state index contributed by atoms with van der Waals surface area (Å²) in [6.45, 7) is 6.05. The first-order valence-electron chi connectivity index (χ1n) is 6.30. The average Bonchev–Trinajstić information content (AvgIpc) is 2.82. The molecule has 3 nitrogen and oxygen atoms in total. The number of hydrogen-bond acceptors (Lipinski definition) is 2. The van der Waals surface area contributed by atoms with Crippen LogP contribution in [0.25, 0.3) is 16.6 Å². The van der Waals surface area contributed by atoms with Crippen LogP contribution in [0.2, 0.25) is 5.15 Å². The van der Waals surface area contributed by atoms with Crippen molar-refractivity contribution in [2.75, 3.05) is 0 Å². The lowest BCUT2D eigenvalue weighted by Crippen LogP contribution is -1.88. The maximum absolute atomic E-state index is 5.88. The Morgan fingerprint density at radius 1 is 1.11 bits per heavy atom. The molecule has 0 aromatic carbocycles. The van der Waals surface area contributed by atoms with Crippen molar-refractivity contribution >= 4 is 17.1 Å². The van der Waals surface area contributed by atoms with Crippen molar-refractivity contribution in [2.45, 2.75) is 20.8 Å². The smallest absolute Gasteiger partial charge is 0.129 e. The molecule has 0 unspecified atom stereocenters. The van der Waals surface area contributed by atoms with Crippen molar-refractivity contribution in [3.8, 4) is 11.1 Å². The third kappa shape index (κ3) is 2.76. The Morgan fingerprint density at radius 3 is 2.63 bits per heavy atom. The average molecular weight is 274 g/mol. The van der Waals surface area contributed by atoms with E-state index in [-0.39, 0.29) is 0 Å². The van der Waals surface area contributed by atoms with E-state index >= 15 is 0 Å². The SMILES string of the molecule is CC.Cc1cnn2cc(-c3ccnc(Cl)c3)ccc12. The van der Waals surface area contributed by atoms with Crippen molar-refractivity contribution in [1.82, 2.24) is 14.6 Å². The van der Waals surface area contributed by atoms with E-state index in [1.54, 1.807) is 6.20 Å². The third-order valence-corrected chi connectivity index (χ3v) is 2.98. The van der Waals surface area contributed by atoms with Gasteiger partial charge < -0.3 is 0 Å². The van der Waals surface area contributed by atoms with Gasteiger partial charge in [0.1, 0.15) is 5.15 Å². The van der Waals surface area contributed by atoms with Crippen molar-refractivity contribution in [1.29, 1.82) is 0 Å². The van der Waals surface area contributed by atoms with Crippen molar-refractivity contribution in [3.05, 3.63) is 53.6 Å². The minimum atomic E-state index is 0.499. The summed E-state index contributed by atoms with van der Waals surface area (Å²) in [5.74, 6) is 0. The highest BCUT2D eigenvalue weighted by atomic mass is 35.5. The molecule has 19 heavy (non-hydrogen) atoms. The van der Waals surface area contributed by atoms with Crippen molar-refractivity contribution in [2.24, 2.45) is 0 Å². The number of rotatable bonds is 1. The fourth-order valence-electron chi connectivity index (χ4n) is 1.86. The van der Waals surface area contributed by atoms with Gasteiger partial charge in [-0.2, -0.15) is 5.10 Å². The summed E-state index contributed by atoms with van der Waals surface area (Å²) in [6.07, 6.45) is 5.56. The minimum Gasteiger partial charge on any atom is -0.245 e. The van der Waals surface area contributed by atoms with E-state index in [2.05, 4.69) is 22.2 Å². The molecule has 0 aliphatic heterocycles. The molecule has 0 fully saturated rings. The molecule has 0 bridgehead atoms. The number of pyridine rings is 2. The molecule has 0 radical (unpaired) electrons. The zero-order valence-electron chi connectivity index (χ0n) is 11.3. The van der Waals surface area contributed by atoms with E-state index in [1.807, 2.05) is 49.8 Å². The molecule has 3 aromatic heterocycles. The van der Waals surface area contributed by atoms with Gasteiger partial charge in [0.15, 0.2) is 0 Å². The second-order valence-corrected chi connectivity index (χ2v) is 4.33. The zero-order valence-corrected chi connectivity index (χ0v) is 12.0. The normalized spacial score (nSPS) is 10.1. The van der Waals surface area contributed by atoms with Gasteiger partial charge in [0.2, 0.25) is 0 Å². The maximum Gasteiger partial charge on any atom is 0.129 e. The molecular weight excluding hydrogens is 258 g/mol. The molecular formula is C15H16ClN3. The van der Waals surface area contributed by atoms with Gasteiger partial charge in [-0.15, -0.1) is 0 Å². The van der Waals surface area contributed by atoms with Crippen LogP contribution in [0.4, 0.5) is 0 Å². The van der Waals surface area contributed by atoms with Crippen LogP contribution in [0.5, 0.6) is 0 Å². The molecule has 3 heterocycles. The Balaban J connectivity index is 0.000000637. The predicted octanol–water partition coefficient (Wildman–Crippen LogP) is 4.38. The first-order valence-corrected chi connectivity index (χ1v) is 6.68. The van der Waals surface area contributed by atoms with Crippen LogP contribution in [-0.4, -0.2) is 14.6 Å². The molecule has 0 amide bonds. The first kappa shape index (κ1) is 13.6. The Hall–Kier alpha value is -1.87. The van der Waals surface area contributed by atoms with Crippen LogP contribution in [0, 0.1) is 6.92 Å². The molecule has 0 saturated carbocycles. The quantitative estimate of drug-likeness (QED) is 0.616. The van der Waals surface area contributed by atoms with Crippen molar-refractivity contribution < 1.29 is 0 Å². The standard InChI is InChI=1S/C13H10ClN3.C2H6/c1-9-7-16-17-8-11(2-3-12(9)17)10-4-5-15-13(14)6-10;1-2/h2-8H,1H3;1-2H3. The van der Waals surface area contributed by atoms with Crippen LogP contribution in [0.1, 0.15) is 19.4 Å². The second kappa shape index (κ2) is 5.85.